The second-order valence-corrected chi connectivity index (χ2v) is 5.90. The zero-order chi connectivity index (χ0) is 12.3. The van der Waals surface area contributed by atoms with Crippen LogP contribution in [0.3, 0.4) is 0 Å². The summed E-state index contributed by atoms with van der Waals surface area (Å²) in [6, 6.07) is 0.423. The molecule has 2 atom stereocenters. The number of Topliss-reactive ketones (excluding diaryl/α,β-unsaturated/α-hetero) is 1. The van der Waals surface area contributed by atoms with E-state index in [-0.39, 0.29) is 5.92 Å². The number of carbonyl (C=O) groups excluding carboxylic acids is 1. The van der Waals surface area contributed by atoms with Crippen LogP contribution in [0.15, 0.2) is 11.6 Å². The highest BCUT2D eigenvalue weighted by Crippen LogP contribution is 2.32. The van der Waals surface area contributed by atoms with E-state index in [4.69, 9.17) is 11.6 Å². The average molecular weight is 256 g/mol. The number of halogens is 1. The Morgan fingerprint density at radius 1 is 1.29 bits per heavy atom. The maximum Gasteiger partial charge on any atom is 0.137 e. The van der Waals surface area contributed by atoms with Crippen LogP contribution in [0.2, 0.25) is 0 Å². The number of ketones is 1. The molecule has 0 radical (unpaired) electrons. The molecule has 0 spiro atoms. The topological polar surface area (TPSA) is 20.3 Å². The molecule has 2 unspecified atom stereocenters. The Bertz CT molecular complexity index is 303. The average Bonchev–Trinajstić information content (AvgIpc) is 2.30. The van der Waals surface area contributed by atoms with E-state index in [1.165, 1.54) is 19.3 Å². The zero-order valence-corrected chi connectivity index (χ0v) is 11.2. The molecule has 17 heavy (non-hydrogen) atoms. The van der Waals surface area contributed by atoms with Gasteiger partial charge in [-0.05, 0) is 32.2 Å². The van der Waals surface area contributed by atoms with Crippen LogP contribution < -0.4 is 0 Å². The summed E-state index contributed by atoms with van der Waals surface area (Å²) in [5.74, 6) is 0.744. The summed E-state index contributed by atoms with van der Waals surface area (Å²) in [5.41, 5.74) is 0. The Labute approximate surface area is 109 Å². The smallest absolute Gasteiger partial charge is 0.137 e. The van der Waals surface area contributed by atoms with Crippen molar-refractivity contribution in [3.8, 4) is 0 Å². The highest BCUT2D eigenvalue weighted by atomic mass is 35.5. The van der Waals surface area contributed by atoms with Gasteiger partial charge in [0.15, 0.2) is 0 Å². The van der Waals surface area contributed by atoms with Gasteiger partial charge in [0.2, 0.25) is 0 Å². The van der Waals surface area contributed by atoms with Gasteiger partial charge in [-0.2, -0.15) is 0 Å². The van der Waals surface area contributed by atoms with E-state index in [0.29, 0.717) is 16.9 Å². The lowest BCUT2D eigenvalue weighted by Gasteiger charge is -2.41. The largest absolute Gasteiger partial charge is 0.299 e. The van der Waals surface area contributed by atoms with Gasteiger partial charge in [0, 0.05) is 30.0 Å². The second-order valence-electron chi connectivity index (χ2n) is 5.37. The van der Waals surface area contributed by atoms with Crippen molar-refractivity contribution in [1.29, 1.82) is 0 Å². The molecule has 0 aromatic rings. The number of carbonyl (C=O) groups is 1. The molecule has 0 aromatic carbocycles. The van der Waals surface area contributed by atoms with E-state index in [1.807, 2.05) is 0 Å². The minimum absolute atomic E-state index is 0.264. The first-order chi connectivity index (χ1) is 8.18. The molecule has 1 saturated carbocycles. The molecule has 2 rings (SSSR count). The van der Waals surface area contributed by atoms with Crippen LogP contribution in [0, 0.1) is 5.92 Å². The predicted molar refractivity (Wildman–Crippen MR) is 71.2 cm³/mol. The number of rotatable bonds is 3. The highest BCUT2D eigenvalue weighted by molar-refractivity contribution is 6.29. The molecule has 1 aliphatic carbocycles. The molecule has 0 bridgehead atoms. The molecule has 1 heterocycles. The lowest BCUT2D eigenvalue weighted by molar-refractivity contribution is -0.127. The van der Waals surface area contributed by atoms with Gasteiger partial charge in [0.1, 0.15) is 5.78 Å². The van der Waals surface area contributed by atoms with Crippen molar-refractivity contribution >= 4 is 17.4 Å². The molecule has 3 heteroatoms. The quantitative estimate of drug-likeness (QED) is 0.771. The predicted octanol–water partition coefficient (Wildman–Crippen LogP) is 3.35. The van der Waals surface area contributed by atoms with Gasteiger partial charge in [-0.25, -0.2) is 0 Å². The fourth-order valence-electron chi connectivity index (χ4n) is 3.31. The molecular weight excluding hydrogens is 234 g/mol. The molecular formula is C14H22ClNO. The van der Waals surface area contributed by atoms with Gasteiger partial charge < -0.3 is 0 Å². The summed E-state index contributed by atoms with van der Waals surface area (Å²) in [6.45, 7) is 5.60. The fourth-order valence-corrected chi connectivity index (χ4v) is 3.46. The normalized spacial score (nSPS) is 31.5. The van der Waals surface area contributed by atoms with Crippen molar-refractivity contribution < 1.29 is 4.79 Å². The SMILES string of the molecule is C=C(Cl)CN1CCCCC1C1CCCCC1=O. The van der Waals surface area contributed by atoms with E-state index in [9.17, 15) is 4.79 Å². The molecule has 2 nitrogen and oxygen atoms in total. The van der Waals surface area contributed by atoms with Crippen LogP contribution in [-0.4, -0.2) is 29.8 Å². The summed E-state index contributed by atoms with van der Waals surface area (Å²) >= 11 is 5.93. The number of hydrogen-bond acceptors (Lipinski definition) is 2. The molecule has 0 N–H and O–H groups in total. The van der Waals surface area contributed by atoms with Gasteiger partial charge in [0.25, 0.3) is 0 Å². The number of nitrogens with zero attached hydrogens (tertiary/aromatic N) is 1. The third-order valence-electron chi connectivity index (χ3n) is 4.11. The van der Waals surface area contributed by atoms with Crippen LogP contribution in [0.4, 0.5) is 0 Å². The molecule has 1 saturated heterocycles. The van der Waals surface area contributed by atoms with Crippen LogP contribution in [-0.2, 0) is 4.79 Å². The van der Waals surface area contributed by atoms with Gasteiger partial charge in [-0.3, -0.25) is 9.69 Å². The maximum atomic E-state index is 12.0. The monoisotopic (exact) mass is 255 g/mol. The van der Waals surface area contributed by atoms with Crippen LogP contribution in [0.1, 0.15) is 44.9 Å². The van der Waals surface area contributed by atoms with E-state index in [0.717, 1.165) is 38.8 Å². The van der Waals surface area contributed by atoms with E-state index >= 15 is 0 Å². The second kappa shape index (κ2) is 6.01. The molecule has 2 aliphatic rings. The van der Waals surface area contributed by atoms with Crippen molar-refractivity contribution in [3.05, 3.63) is 11.6 Å². The molecule has 96 valence electrons. The first-order valence-corrected chi connectivity index (χ1v) is 7.16. The van der Waals surface area contributed by atoms with E-state index < -0.39 is 0 Å². The third kappa shape index (κ3) is 3.32. The number of piperidine rings is 1. The molecule has 0 aromatic heterocycles. The highest BCUT2D eigenvalue weighted by Gasteiger charge is 2.35. The summed E-state index contributed by atoms with van der Waals surface area (Å²) in [5, 5.41) is 0.695. The maximum absolute atomic E-state index is 12.0. The fraction of sp³-hybridized carbons (Fsp3) is 0.786. The Kier molecular flexibility index (Phi) is 4.63. The number of likely N-dealkylation sites (tertiary alicyclic amines) is 1. The first kappa shape index (κ1) is 13.1. The van der Waals surface area contributed by atoms with E-state index in [2.05, 4.69) is 11.5 Å². The van der Waals surface area contributed by atoms with Gasteiger partial charge in [-0.1, -0.05) is 31.0 Å². The third-order valence-corrected chi connectivity index (χ3v) is 4.22. The van der Waals surface area contributed by atoms with E-state index in [1.54, 1.807) is 0 Å². The van der Waals surface area contributed by atoms with Crippen molar-refractivity contribution in [3.63, 3.8) is 0 Å². The van der Waals surface area contributed by atoms with Gasteiger partial charge >= 0.3 is 0 Å². The Hall–Kier alpha value is -0.340. The molecule has 0 amide bonds. The Morgan fingerprint density at radius 3 is 2.76 bits per heavy atom. The van der Waals surface area contributed by atoms with Crippen molar-refractivity contribution in [1.82, 2.24) is 4.90 Å². The minimum atomic E-state index is 0.264. The van der Waals surface area contributed by atoms with Crippen LogP contribution >= 0.6 is 11.6 Å². The number of hydrogen-bond donors (Lipinski definition) is 0. The van der Waals surface area contributed by atoms with Crippen molar-refractivity contribution in [2.75, 3.05) is 13.1 Å². The Morgan fingerprint density at radius 2 is 2.06 bits per heavy atom. The first-order valence-electron chi connectivity index (χ1n) is 6.78. The Balaban J connectivity index is 2.04. The minimum Gasteiger partial charge on any atom is -0.299 e. The lowest BCUT2D eigenvalue weighted by Crippen LogP contribution is -2.47. The lowest BCUT2D eigenvalue weighted by atomic mass is 9.79. The van der Waals surface area contributed by atoms with Crippen molar-refractivity contribution in [2.45, 2.75) is 51.0 Å². The summed E-state index contributed by atoms with van der Waals surface area (Å²) in [6.07, 6.45) is 7.79. The van der Waals surface area contributed by atoms with Gasteiger partial charge in [-0.15, -0.1) is 0 Å². The summed E-state index contributed by atoms with van der Waals surface area (Å²) < 4.78 is 0. The zero-order valence-electron chi connectivity index (χ0n) is 10.5. The van der Waals surface area contributed by atoms with Crippen LogP contribution in [0.25, 0.3) is 0 Å². The molecule has 1 aliphatic heterocycles. The van der Waals surface area contributed by atoms with Crippen LogP contribution in [0.5, 0.6) is 0 Å². The molecule has 2 fully saturated rings. The van der Waals surface area contributed by atoms with Gasteiger partial charge in [0.05, 0.1) is 0 Å². The standard InChI is InChI=1S/C14H22ClNO/c1-11(15)10-16-9-5-4-7-13(16)12-6-2-3-8-14(12)17/h12-13H,1-10H2. The summed E-state index contributed by atoms with van der Waals surface area (Å²) in [7, 11) is 0. The summed E-state index contributed by atoms with van der Waals surface area (Å²) in [4.78, 5) is 14.4. The van der Waals surface area contributed by atoms with Crippen molar-refractivity contribution in [2.24, 2.45) is 5.92 Å².